The van der Waals surface area contributed by atoms with Crippen LogP contribution >= 0.6 is 0 Å². The number of rotatable bonds is 1. The average Bonchev–Trinajstić information content (AvgIpc) is 2.15. The standard InChI is InChI=1S/C9H6O6/c10-5-2-7-6(1-4(5)9(12)13)14-3-8(11)15-7/h1-2,10H,3H2,(H,12,13). The van der Waals surface area contributed by atoms with E-state index in [1.807, 2.05) is 0 Å². The number of carboxylic acids is 1. The maximum absolute atomic E-state index is 10.8. The molecule has 78 valence electrons. The highest BCUT2D eigenvalue weighted by atomic mass is 16.6. The number of esters is 1. The van der Waals surface area contributed by atoms with Gasteiger partial charge in [0.05, 0.1) is 0 Å². The topological polar surface area (TPSA) is 93.1 Å². The summed E-state index contributed by atoms with van der Waals surface area (Å²) in [4.78, 5) is 21.5. The van der Waals surface area contributed by atoms with Gasteiger partial charge in [-0.25, -0.2) is 9.59 Å². The summed E-state index contributed by atoms with van der Waals surface area (Å²) in [5.41, 5.74) is -0.299. The Bertz CT molecular complexity index is 450. The van der Waals surface area contributed by atoms with Crippen LogP contribution in [0.15, 0.2) is 12.1 Å². The predicted octanol–water partition coefficient (Wildman–Crippen LogP) is 0.388. The molecule has 15 heavy (non-hydrogen) atoms. The van der Waals surface area contributed by atoms with E-state index >= 15 is 0 Å². The zero-order valence-electron chi connectivity index (χ0n) is 7.39. The van der Waals surface area contributed by atoms with Crippen LogP contribution in [0.1, 0.15) is 10.4 Å². The van der Waals surface area contributed by atoms with Crippen LogP contribution in [-0.2, 0) is 4.79 Å². The number of phenols is 1. The second kappa shape index (κ2) is 3.16. The molecular weight excluding hydrogens is 204 g/mol. The Morgan fingerprint density at radius 1 is 1.33 bits per heavy atom. The molecule has 0 aliphatic carbocycles. The molecule has 0 unspecified atom stereocenters. The Morgan fingerprint density at radius 3 is 2.73 bits per heavy atom. The van der Waals surface area contributed by atoms with E-state index < -0.39 is 17.7 Å². The molecule has 0 amide bonds. The minimum absolute atomic E-state index is 0.0220. The lowest BCUT2D eigenvalue weighted by molar-refractivity contribution is -0.138. The summed E-state index contributed by atoms with van der Waals surface area (Å²) in [5.74, 6) is -2.20. The fourth-order valence-electron chi connectivity index (χ4n) is 1.20. The summed E-state index contributed by atoms with van der Waals surface area (Å²) in [7, 11) is 0. The SMILES string of the molecule is O=C1COc2cc(C(=O)O)c(O)cc2O1. The molecule has 6 nitrogen and oxygen atoms in total. The Labute approximate surface area is 83.7 Å². The molecule has 0 bridgehead atoms. The van der Waals surface area contributed by atoms with E-state index in [2.05, 4.69) is 0 Å². The van der Waals surface area contributed by atoms with Crippen molar-refractivity contribution in [3.8, 4) is 17.2 Å². The third kappa shape index (κ3) is 1.56. The molecule has 0 saturated heterocycles. The summed E-state index contributed by atoms with van der Waals surface area (Å²) >= 11 is 0. The number of carboxylic acid groups (broad SMARTS) is 1. The van der Waals surface area contributed by atoms with Crippen LogP contribution in [0.3, 0.4) is 0 Å². The number of hydrogen-bond acceptors (Lipinski definition) is 5. The molecule has 2 N–H and O–H groups in total. The number of carbonyl (C=O) groups excluding carboxylic acids is 1. The van der Waals surface area contributed by atoms with E-state index in [-0.39, 0.29) is 23.7 Å². The molecule has 1 aromatic rings. The van der Waals surface area contributed by atoms with Crippen molar-refractivity contribution in [3.05, 3.63) is 17.7 Å². The van der Waals surface area contributed by atoms with Gasteiger partial charge in [0.2, 0.25) is 0 Å². The van der Waals surface area contributed by atoms with E-state index in [0.29, 0.717) is 0 Å². The number of benzene rings is 1. The van der Waals surface area contributed by atoms with Crippen molar-refractivity contribution < 1.29 is 29.3 Å². The molecule has 1 aromatic carbocycles. The van der Waals surface area contributed by atoms with Crippen LogP contribution < -0.4 is 9.47 Å². The first-order chi connectivity index (χ1) is 7.08. The summed E-state index contributed by atoms with van der Waals surface area (Å²) in [6.45, 7) is -0.267. The zero-order chi connectivity index (χ0) is 11.0. The van der Waals surface area contributed by atoms with Crippen molar-refractivity contribution in [2.75, 3.05) is 6.61 Å². The zero-order valence-corrected chi connectivity index (χ0v) is 7.39. The third-order valence-corrected chi connectivity index (χ3v) is 1.86. The van der Waals surface area contributed by atoms with Gasteiger partial charge in [0.1, 0.15) is 11.3 Å². The van der Waals surface area contributed by atoms with Gasteiger partial charge in [-0.05, 0) is 0 Å². The lowest BCUT2D eigenvalue weighted by atomic mass is 10.1. The number of fused-ring (bicyclic) bond motifs is 1. The predicted molar refractivity (Wildman–Crippen MR) is 46.2 cm³/mol. The number of aromatic hydroxyl groups is 1. The van der Waals surface area contributed by atoms with Gasteiger partial charge in [-0.15, -0.1) is 0 Å². The molecule has 0 fully saturated rings. The van der Waals surface area contributed by atoms with Gasteiger partial charge in [0.15, 0.2) is 18.1 Å². The molecular formula is C9H6O6. The fraction of sp³-hybridized carbons (Fsp3) is 0.111. The molecule has 6 heteroatoms. The van der Waals surface area contributed by atoms with Crippen LogP contribution in [-0.4, -0.2) is 28.8 Å². The van der Waals surface area contributed by atoms with Gasteiger partial charge < -0.3 is 19.7 Å². The van der Waals surface area contributed by atoms with Gasteiger partial charge in [-0.2, -0.15) is 0 Å². The molecule has 0 radical (unpaired) electrons. The van der Waals surface area contributed by atoms with Gasteiger partial charge in [0, 0.05) is 12.1 Å². The van der Waals surface area contributed by atoms with Crippen LogP contribution in [0.25, 0.3) is 0 Å². The molecule has 2 rings (SSSR count). The van der Waals surface area contributed by atoms with Crippen molar-refractivity contribution in [2.45, 2.75) is 0 Å². The summed E-state index contributed by atoms with van der Waals surface area (Å²) in [6, 6.07) is 2.15. The van der Waals surface area contributed by atoms with E-state index in [4.69, 9.17) is 14.6 Å². The lowest BCUT2D eigenvalue weighted by Gasteiger charge is -2.17. The molecule has 0 aromatic heterocycles. The normalized spacial score (nSPS) is 13.7. The summed E-state index contributed by atoms with van der Waals surface area (Å²) in [6.07, 6.45) is 0. The van der Waals surface area contributed by atoms with Gasteiger partial charge in [0.25, 0.3) is 0 Å². The highest BCUT2D eigenvalue weighted by Gasteiger charge is 2.22. The first-order valence-electron chi connectivity index (χ1n) is 4.01. The van der Waals surface area contributed by atoms with Crippen molar-refractivity contribution in [1.82, 2.24) is 0 Å². The van der Waals surface area contributed by atoms with Crippen LogP contribution in [0.2, 0.25) is 0 Å². The van der Waals surface area contributed by atoms with Crippen molar-refractivity contribution in [1.29, 1.82) is 0 Å². The highest BCUT2D eigenvalue weighted by Crippen LogP contribution is 2.36. The first-order valence-corrected chi connectivity index (χ1v) is 4.01. The largest absolute Gasteiger partial charge is 0.507 e. The maximum Gasteiger partial charge on any atom is 0.349 e. The third-order valence-electron chi connectivity index (χ3n) is 1.86. The number of aromatic carboxylic acids is 1. The Morgan fingerprint density at radius 2 is 2.07 bits per heavy atom. The average molecular weight is 210 g/mol. The van der Waals surface area contributed by atoms with Crippen LogP contribution in [0, 0.1) is 0 Å². The molecule has 0 spiro atoms. The molecule has 1 aliphatic rings. The summed E-state index contributed by atoms with van der Waals surface area (Å²) in [5, 5.41) is 18.0. The van der Waals surface area contributed by atoms with Crippen LogP contribution in [0.4, 0.5) is 0 Å². The molecule has 1 aliphatic heterocycles. The second-order valence-corrected chi connectivity index (χ2v) is 2.88. The van der Waals surface area contributed by atoms with Crippen molar-refractivity contribution in [3.63, 3.8) is 0 Å². The molecule has 1 heterocycles. The van der Waals surface area contributed by atoms with Crippen molar-refractivity contribution in [2.24, 2.45) is 0 Å². The Hall–Kier alpha value is -2.24. The number of hydrogen-bond donors (Lipinski definition) is 2. The number of carbonyl (C=O) groups is 2. The molecule has 0 atom stereocenters. The summed E-state index contributed by atoms with van der Waals surface area (Å²) < 4.78 is 9.66. The minimum Gasteiger partial charge on any atom is -0.507 e. The minimum atomic E-state index is -1.28. The van der Waals surface area contributed by atoms with E-state index in [1.165, 1.54) is 0 Å². The Balaban J connectivity index is 2.50. The molecule has 0 saturated carbocycles. The van der Waals surface area contributed by atoms with Gasteiger partial charge >= 0.3 is 11.9 Å². The van der Waals surface area contributed by atoms with E-state index in [0.717, 1.165) is 12.1 Å². The van der Waals surface area contributed by atoms with E-state index in [9.17, 15) is 14.7 Å². The quantitative estimate of drug-likeness (QED) is 0.514. The second-order valence-electron chi connectivity index (χ2n) is 2.88. The number of ether oxygens (including phenoxy) is 2. The monoisotopic (exact) mass is 210 g/mol. The lowest BCUT2D eigenvalue weighted by Crippen LogP contribution is -2.23. The maximum atomic E-state index is 10.8. The Kier molecular flexibility index (Phi) is 1.96. The fourth-order valence-corrected chi connectivity index (χ4v) is 1.20. The highest BCUT2D eigenvalue weighted by molar-refractivity contribution is 5.92. The van der Waals surface area contributed by atoms with Gasteiger partial charge in [-0.3, -0.25) is 0 Å². The smallest absolute Gasteiger partial charge is 0.349 e. The van der Waals surface area contributed by atoms with Gasteiger partial charge in [-0.1, -0.05) is 0 Å². The first kappa shape index (κ1) is 9.32. The van der Waals surface area contributed by atoms with Crippen molar-refractivity contribution >= 4 is 11.9 Å². The van der Waals surface area contributed by atoms with Crippen LogP contribution in [0.5, 0.6) is 17.2 Å². The van der Waals surface area contributed by atoms with E-state index in [1.54, 1.807) is 0 Å².